The molecule has 1 aliphatic carbocycles. The summed E-state index contributed by atoms with van der Waals surface area (Å²) >= 11 is 1.83. The lowest BCUT2D eigenvalue weighted by Crippen LogP contribution is -2.43. The van der Waals surface area contributed by atoms with Crippen LogP contribution >= 0.6 is 11.8 Å². The number of nitrogens with zero attached hydrogens (tertiary/aromatic N) is 1. The number of anilines is 1. The molecule has 0 saturated heterocycles. The molecule has 0 aliphatic heterocycles. The van der Waals surface area contributed by atoms with Gasteiger partial charge in [0.15, 0.2) is 0 Å². The smallest absolute Gasteiger partial charge is 0.307 e. The molecule has 0 bridgehead atoms. The number of fused-ring (bicyclic) bond motifs is 1. The summed E-state index contributed by atoms with van der Waals surface area (Å²) in [5.74, 6) is 1.56. The van der Waals surface area contributed by atoms with Crippen molar-refractivity contribution in [3.05, 3.63) is 101 Å². The van der Waals surface area contributed by atoms with Gasteiger partial charge in [-0.3, -0.25) is 9.59 Å². The monoisotopic (exact) mass is 530 g/mol. The molecule has 6 nitrogen and oxygen atoms in total. The van der Waals surface area contributed by atoms with Gasteiger partial charge >= 0.3 is 5.97 Å². The Balaban J connectivity index is 1.30. The number of carbonyl (C=O) groups is 2. The van der Waals surface area contributed by atoms with Crippen LogP contribution in [0.4, 0.5) is 5.69 Å². The van der Waals surface area contributed by atoms with Crippen molar-refractivity contribution in [3.63, 3.8) is 0 Å². The van der Waals surface area contributed by atoms with E-state index in [0.717, 1.165) is 52.5 Å². The highest BCUT2D eigenvalue weighted by atomic mass is 32.2. The van der Waals surface area contributed by atoms with E-state index in [1.54, 1.807) is 19.1 Å². The van der Waals surface area contributed by atoms with Crippen molar-refractivity contribution in [2.24, 2.45) is 5.73 Å². The molecule has 1 atom stereocenters. The Morgan fingerprint density at radius 3 is 2.53 bits per heavy atom. The Bertz CT molecular complexity index is 1320. The summed E-state index contributed by atoms with van der Waals surface area (Å²) in [6.45, 7) is 0. The number of carbonyl (C=O) groups excluding carboxylic acids is 1. The van der Waals surface area contributed by atoms with Gasteiger partial charge in [-0.25, -0.2) is 0 Å². The minimum absolute atomic E-state index is 0.0710. The van der Waals surface area contributed by atoms with Gasteiger partial charge in [0.05, 0.1) is 19.6 Å². The second kappa shape index (κ2) is 12.8. The van der Waals surface area contributed by atoms with Crippen LogP contribution in [-0.2, 0) is 28.9 Å². The zero-order chi connectivity index (χ0) is 27.1. The summed E-state index contributed by atoms with van der Waals surface area (Å²) in [6.07, 6.45) is 2.26. The molecule has 0 radical (unpaired) electrons. The highest BCUT2D eigenvalue weighted by Crippen LogP contribution is 2.36. The fourth-order valence-corrected chi connectivity index (χ4v) is 5.87. The number of hydrogen-bond acceptors (Lipinski definition) is 5. The fourth-order valence-electron chi connectivity index (χ4n) is 4.83. The molecule has 198 valence electrons. The van der Waals surface area contributed by atoms with Gasteiger partial charge in [0, 0.05) is 18.5 Å². The summed E-state index contributed by atoms with van der Waals surface area (Å²) in [6, 6.07) is 23.0. The molecular formula is C31H34N2O4S. The largest absolute Gasteiger partial charge is 0.497 e. The molecule has 3 aromatic rings. The van der Waals surface area contributed by atoms with Gasteiger partial charge in [-0.2, -0.15) is 11.8 Å². The Morgan fingerprint density at radius 2 is 1.79 bits per heavy atom. The van der Waals surface area contributed by atoms with E-state index in [1.165, 1.54) is 16.7 Å². The van der Waals surface area contributed by atoms with Gasteiger partial charge in [0.1, 0.15) is 5.75 Å². The highest BCUT2D eigenvalue weighted by Gasteiger charge is 2.23. The Hall–Kier alpha value is -3.55. The lowest BCUT2D eigenvalue weighted by molar-refractivity contribution is -0.135. The normalized spacial score (nSPS) is 13.2. The number of rotatable bonds is 12. The summed E-state index contributed by atoms with van der Waals surface area (Å²) in [5.41, 5.74) is 13.8. The molecule has 0 saturated carbocycles. The van der Waals surface area contributed by atoms with Crippen molar-refractivity contribution in [2.75, 3.05) is 30.6 Å². The predicted octanol–water partition coefficient (Wildman–Crippen LogP) is 4.99. The second-order valence-electron chi connectivity index (χ2n) is 9.51. The molecule has 0 spiro atoms. The number of aliphatic carboxylic acids is 1. The minimum atomic E-state index is -0.789. The summed E-state index contributed by atoms with van der Waals surface area (Å²) in [4.78, 5) is 25.9. The molecule has 7 heteroatoms. The molecule has 3 N–H and O–H groups in total. The van der Waals surface area contributed by atoms with Gasteiger partial charge < -0.3 is 20.5 Å². The van der Waals surface area contributed by atoms with Gasteiger partial charge in [-0.1, -0.05) is 54.1 Å². The number of methoxy groups -OCH3 is 1. The summed E-state index contributed by atoms with van der Waals surface area (Å²) in [7, 11) is 3.34. The molecule has 3 aromatic carbocycles. The van der Waals surface area contributed by atoms with E-state index in [2.05, 4.69) is 18.2 Å². The highest BCUT2D eigenvalue weighted by molar-refractivity contribution is 7.99. The summed E-state index contributed by atoms with van der Waals surface area (Å²) in [5, 5.41) is 9.39. The van der Waals surface area contributed by atoms with Crippen LogP contribution in [0.15, 0.2) is 78.4 Å². The zero-order valence-corrected chi connectivity index (χ0v) is 22.7. The predicted molar refractivity (Wildman–Crippen MR) is 155 cm³/mol. The maximum atomic E-state index is 12.9. The average Bonchev–Trinajstić information content (AvgIpc) is 3.27. The van der Waals surface area contributed by atoms with Crippen molar-refractivity contribution in [1.29, 1.82) is 0 Å². The van der Waals surface area contributed by atoms with Crippen LogP contribution in [0.1, 0.15) is 28.7 Å². The first-order valence-electron chi connectivity index (χ1n) is 12.7. The van der Waals surface area contributed by atoms with E-state index in [1.807, 2.05) is 66.4 Å². The van der Waals surface area contributed by atoms with Crippen LogP contribution in [0, 0.1) is 0 Å². The van der Waals surface area contributed by atoms with E-state index in [0.29, 0.717) is 6.42 Å². The molecule has 1 amide bonds. The van der Waals surface area contributed by atoms with Gasteiger partial charge in [-0.15, -0.1) is 0 Å². The third kappa shape index (κ3) is 6.85. The fraction of sp³-hybridized carbons (Fsp3) is 0.290. The zero-order valence-electron chi connectivity index (χ0n) is 21.9. The maximum Gasteiger partial charge on any atom is 0.307 e. The quantitative estimate of drug-likeness (QED) is 0.321. The first kappa shape index (κ1) is 27.5. The Kier molecular flexibility index (Phi) is 9.26. The third-order valence-electron chi connectivity index (χ3n) is 6.87. The number of carboxylic acid groups (broad SMARTS) is 1. The first-order chi connectivity index (χ1) is 18.4. The molecule has 4 rings (SSSR count). The number of carboxylic acids is 1. The lowest BCUT2D eigenvalue weighted by atomic mass is 10.0. The Labute approximate surface area is 228 Å². The van der Waals surface area contributed by atoms with Crippen LogP contribution in [0.3, 0.4) is 0 Å². The molecule has 0 fully saturated rings. The van der Waals surface area contributed by atoms with Crippen LogP contribution in [-0.4, -0.2) is 48.7 Å². The van der Waals surface area contributed by atoms with E-state index in [-0.39, 0.29) is 12.3 Å². The molecule has 0 aromatic heterocycles. The van der Waals surface area contributed by atoms with Gasteiger partial charge in [-0.05, 0) is 77.1 Å². The van der Waals surface area contributed by atoms with Crippen molar-refractivity contribution in [2.45, 2.75) is 31.7 Å². The third-order valence-corrected chi connectivity index (χ3v) is 7.91. The molecule has 0 heterocycles. The number of ether oxygens (including phenoxy) is 1. The SMILES string of the molecule is COc1ccc(N(C)C(=O)[C@@H](N)Cc2cccc(CCSCC3=C(CC(=O)O)c4ccccc4C3)c2)cc1. The lowest BCUT2D eigenvalue weighted by Gasteiger charge is -2.22. The number of hydrogen-bond donors (Lipinski definition) is 2. The molecule has 0 unspecified atom stereocenters. The Morgan fingerprint density at radius 1 is 1.05 bits per heavy atom. The number of aryl methyl sites for hydroxylation is 1. The van der Waals surface area contributed by atoms with Crippen LogP contribution in [0.25, 0.3) is 5.57 Å². The van der Waals surface area contributed by atoms with E-state index in [9.17, 15) is 14.7 Å². The summed E-state index contributed by atoms with van der Waals surface area (Å²) < 4.78 is 5.19. The van der Waals surface area contributed by atoms with Crippen molar-refractivity contribution < 1.29 is 19.4 Å². The van der Waals surface area contributed by atoms with E-state index >= 15 is 0 Å². The topological polar surface area (TPSA) is 92.9 Å². The minimum Gasteiger partial charge on any atom is -0.497 e. The van der Waals surface area contributed by atoms with Crippen molar-refractivity contribution in [3.8, 4) is 5.75 Å². The first-order valence-corrected chi connectivity index (χ1v) is 13.8. The second-order valence-corrected chi connectivity index (χ2v) is 10.6. The van der Waals surface area contributed by atoms with Crippen LogP contribution in [0.2, 0.25) is 0 Å². The molecule has 1 aliphatic rings. The molecule has 38 heavy (non-hydrogen) atoms. The standard InChI is InChI=1S/C31H34N2O4S/c1-33(25-10-12-26(37-2)13-11-25)31(36)29(32)17-22-7-5-6-21(16-22)14-15-38-20-24-18-23-8-3-4-9-27(23)28(24)19-30(34)35/h3-13,16,29H,14-15,17-20,32H2,1-2H3,(H,34,35)/t29-/m0/s1. The average molecular weight is 531 g/mol. The number of amides is 1. The van der Waals surface area contributed by atoms with Crippen LogP contribution in [0.5, 0.6) is 5.75 Å². The number of benzene rings is 3. The van der Waals surface area contributed by atoms with E-state index in [4.69, 9.17) is 10.5 Å². The van der Waals surface area contributed by atoms with Gasteiger partial charge in [0.25, 0.3) is 0 Å². The number of thioether (sulfide) groups is 1. The maximum absolute atomic E-state index is 12.9. The van der Waals surface area contributed by atoms with Gasteiger partial charge in [0.2, 0.25) is 5.91 Å². The molecular weight excluding hydrogens is 496 g/mol. The number of nitrogens with two attached hydrogens (primary N) is 1. The van der Waals surface area contributed by atoms with Crippen LogP contribution < -0.4 is 15.4 Å². The van der Waals surface area contributed by atoms with Crippen molar-refractivity contribution in [1.82, 2.24) is 0 Å². The number of likely N-dealkylation sites (N-methyl/N-ethyl adjacent to an activating group) is 1. The van der Waals surface area contributed by atoms with E-state index < -0.39 is 12.0 Å². The van der Waals surface area contributed by atoms with Crippen molar-refractivity contribution >= 4 is 34.9 Å².